The third kappa shape index (κ3) is 7.52. The fourth-order valence-corrected chi connectivity index (χ4v) is 2.11. The monoisotopic (exact) mass is 339 g/mol. The standard InChI is InChI=1S/C17H29N3O4/c1-17(2,3)20(16(21)22)9-11-24-13-12-23-10-8-19-15-7-5-4-6-14(15)18/h4-7,19H,8-13,18H2,1-3H3,(H,21,22). The summed E-state index contributed by atoms with van der Waals surface area (Å²) >= 11 is 0. The third-order valence-electron chi connectivity index (χ3n) is 3.39. The Bertz CT molecular complexity index is 503. The molecule has 4 N–H and O–H groups in total. The highest BCUT2D eigenvalue weighted by molar-refractivity contribution is 5.66. The second-order valence-electron chi connectivity index (χ2n) is 6.34. The Labute approximate surface area is 143 Å². The molecule has 0 aliphatic heterocycles. The predicted molar refractivity (Wildman–Crippen MR) is 95.5 cm³/mol. The van der Waals surface area contributed by atoms with Crippen molar-refractivity contribution in [2.45, 2.75) is 26.3 Å². The number of nitrogens with one attached hydrogen (secondary N) is 1. The maximum Gasteiger partial charge on any atom is 0.407 e. The van der Waals surface area contributed by atoms with Crippen LogP contribution in [0.25, 0.3) is 0 Å². The van der Waals surface area contributed by atoms with Crippen molar-refractivity contribution in [3.05, 3.63) is 24.3 Å². The zero-order chi connectivity index (χ0) is 18.0. The van der Waals surface area contributed by atoms with E-state index in [2.05, 4.69) is 5.32 Å². The van der Waals surface area contributed by atoms with Gasteiger partial charge in [0.1, 0.15) is 0 Å². The summed E-state index contributed by atoms with van der Waals surface area (Å²) in [7, 11) is 0. The summed E-state index contributed by atoms with van der Waals surface area (Å²) in [5, 5.41) is 12.3. The van der Waals surface area contributed by atoms with Crippen LogP contribution in [0.3, 0.4) is 0 Å². The summed E-state index contributed by atoms with van der Waals surface area (Å²) in [6.45, 7) is 8.37. The normalized spacial score (nSPS) is 11.3. The van der Waals surface area contributed by atoms with Gasteiger partial charge in [0.25, 0.3) is 0 Å². The molecule has 0 saturated heterocycles. The summed E-state index contributed by atoms with van der Waals surface area (Å²) in [5.74, 6) is 0. The fourth-order valence-electron chi connectivity index (χ4n) is 2.11. The molecule has 136 valence electrons. The van der Waals surface area contributed by atoms with E-state index in [0.29, 0.717) is 45.2 Å². The van der Waals surface area contributed by atoms with E-state index in [1.165, 1.54) is 4.90 Å². The third-order valence-corrected chi connectivity index (χ3v) is 3.39. The van der Waals surface area contributed by atoms with Gasteiger partial charge in [0.05, 0.1) is 37.8 Å². The van der Waals surface area contributed by atoms with Gasteiger partial charge in [-0.05, 0) is 32.9 Å². The highest BCUT2D eigenvalue weighted by Gasteiger charge is 2.25. The molecule has 1 aromatic carbocycles. The van der Waals surface area contributed by atoms with E-state index < -0.39 is 11.6 Å². The Morgan fingerprint density at radius 1 is 1.17 bits per heavy atom. The minimum absolute atomic E-state index is 0.341. The summed E-state index contributed by atoms with van der Waals surface area (Å²) in [6.07, 6.45) is -0.936. The van der Waals surface area contributed by atoms with E-state index in [-0.39, 0.29) is 0 Å². The van der Waals surface area contributed by atoms with Gasteiger partial charge in [0.2, 0.25) is 0 Å². The molecule has 0 bridgehead atoms. The van der Waals surface area contributed by atoms with Gasteiger partial charge in [0.15, 0.2) is 0 Å². The SMILES string of the molecule is CC(C)(C)N(CCOCCOCCNc1ccccc1N)C(=O)O. The van der Waals surface area contributed by atoms with E-state index >= 15 is 0 Å². The molecule has 0 heterocycles. The lowest BCUT2D eigenvalue weighted by Gasteiger charge is -2.32. The molecule has 1 aromatic rings. The molecule has 0 aromatic heterocycles. The Morgan fingerprint density at radius 3 is 2.38 bits per heavy atom. The molecule has 0 atom stereocenters. The van der Waals surface area contributed by atoms with Gasteiger partial charge in [-0.2, -0.15) is 0 Å². The number of carbonyl (C=O) groups is 1. The molecule has 0 unspecified atom stereocenters. The minimum atomic E-state index is -0.936. The molecule has 1 rings (SSSR count). The molecule has 24 heavy (non-hydrogen) atoms. The van der Waals surface area contributed by atoms with Crippen molar-refractivity contribution in [2.24, 2.45) is 0 Å². The summed E-state index contributed by atoms with van der Waals surface area (Å²) in [4.78, 5) is 12.5. The Kier molecular flexibility index (Phi) is 8.35. The number of ether oxygens (including phenoxy) is 2. The molecule has 7 nitrogen and oxygen atoms in total. The zero-order valence-electron chi connectivity index (χ0n) is 14.7. The van der Waals surface area contributed by atoms with Gasteiger partial charge in [-0.1, -0.05) is 12.1 Å². The van der Waals surface area contributed by atoms with Crippen molar-refractivity contribution in [1.82, 2.24) is 4.90 Å². The predicted octanol–water partition coefficient (Wildman–Crippen LogP) is 2.49. The van der Waals surface area contributed by atoms with Crippen LogP contribution in [0, 0.1) is 0 Å². The Hall–Kier alpha value is -1.99. The van der Waals surface area contributed by atoms with E-state index in [1.807, 2.05) is 45.0 Å². The van der Waals surface area contributed by atoms with Gasteiger partial charge in [-0.3, -0.25) is 0 Å². The highest BCUT2D eigenvalue weighted by atomic mass is 16.5. The van der Waals surface area contributed by atoms with Crippen LogP contribution in [0.2, 0.25) is 0 Å². The number of hydrogen-bond donors (Lipinski definition) is 3. The number of nitrogen functional groups attached to an aromatic ring is 1. The molecule has 1 amide bonds. The van der Waals surface area contributed by atoms with Crippen LogP contribution in [0.4, 0.5) is 16.2 Å². The first-order valence-electron chi connectivity index (χ1n) is 8.07. The van der Waals surface area contributed by atoms with Crippen molar-refractivity contribution >= 4 is 17.5 Å². The van der Waals surface area contributed by atoms with Crippen molar-refractivity contribution in [3.63, 3.8) is 0 Å². The smallest absolute Gasteiger partial charge is 0.407 e. The van der Waals surface area contributed by atoms with Crippen molar-refractivity contribution < 1.29 is 19.4 Å². The van der Waals surface area contributed by atoms with Crippen LogP contribution >= 0.6 is 0 Å². The number of benzene rings is 1. The molecule has 0 fully saturated rings. The molecular formula is C17H29N3O4. The van der Waals surface area contributed by atoms with Crippen molar-refractivity contribution in [2.75, 3.05) is 50.6 Å². The van der Waals surface area contributed by atoms with E-state index in [9.17, 15) is 4.79 Å². The van der Waals surface area contributed by atoms with Gasteiger partial charge in [-0.25, -0.2) is 4.79 Å². The average Bonchev–Trinajstić information content (AvgIpc) is 2.49. The number of nitrogens with two attached hydrogens (primary N) is 1. The van der Waals surface area contributed by atoms with Gasteiger partial charge >= 0.3 is 6.09 Å². The number of anilines is 2. The summed E-state index contributed by atoms with van der Waals surface area (Å²) in [6, 6.07) is 7.57. The van der Waals surface area contributed by atoms with Crippen molar-refractivity contribution in [1.29, 1.82) is 0 Å². The molecule has 0 spiro atoms. The topological polar surface area (TPSA) is 97.0 Å². The van der Waals surface area contributed by atoms with E-state index in [0.717, 1.165) is 5.69 Å². The maximum atomic E-state index is 11.2. The lowest BCUT2D eigenvalue weighted by atomic mass is 10.1. The number of nitrogens with zero attached hydrogens (tertiary/aromatic N) is 1. The van der Waals surface area contributed by atoms with E-state index in [1.54, 1.807) is 0 Å². The first-order valence-corrected chi connectivity index (χ1v) is 8.07. The number of para-hydroxylation sites is 2. The van der Waals surface area contributed by atoms with E-state index in [4.69, 9.17) is 20.3 Å². The largest absolute Gasteiger partial charge is 0.465 e. The quantitative estimate of drug-likeness (QED) is 0.448. The van der Waals surface area contributed by atoms with Crippen LogP contribution in [-0.4, -0.2) is 61.2 Å². The Balaban J connectivity index is 2.04. The molecular weight excluding hydrogens is 310 g/mol. The molecule has 0 radical (unpaired) electrons. The molecule has 0 aliphatic rings. The summed E-state index contributed by atoms with van der Waals surface area (Å²) < 4.78 is 10.9. The van der Waals surface area contributed by atoms with Gasteiger partial charge < -0.3 is 30.5 Å². The molecule has 0 saturated carbocycles. The van der Waals surface area contributed by atoms with Gasteiger partial charge in [0, 0.05) is 18.6 Å². The number of carboxylic acid groups (broad SMARTS) is 1. The average molecular weight is 339 g/mol. The first kappa shape index (κ1) is 20.1. The lowest BCUT2D eigenvalue weighted by Crippen LogP contribution is -2.46. The fraction of sp³-hybridized carbons (Fsp3) is 0.588. The van der Waals surface area contributed by atoms with Crippen LogP contribution in [-0.2, 0) is 9.47 Å². The molecule has 0 aliphatic carbocycles. The second-order valence-corrected chi connectivity index (χ2v) is 6.34. The van der Waals surface area contributed by atoms with Crippen LogP contribution in [0.1, 0.15) is 20.8 Å². The highest BCUT2D eigenvalue weighted by Crippen LogP contribution is 2.16. The first-order chi connectivity index (χ1) is 11.3. The number of hydrogen-bond acceptors (Lipinski definition) is 5. The van der Waals surface area contributed by atoms with Crippen LogP contribution in [0.5, 0.6) is 0 Å². The maximum absolute atomic E-state index is 11.2. The van der Waals surface area contributed by atoms with Crippen LogP contribution < -0.4 is 11.1 Å². The number of amides is 1. The summed E-state index contributed by atoms with van der Waals surface area (Å²) in [5.41, 5.74) is 7.00. The minimum Gasteiger partial charge on any atom is -0.465 e. The second kappa shape index (κ2) is 10.00. The molecule has 7 heteroatoms. The van der Waals surface area contributed by atoms with Crippen molar-refractivity contribution in [3.8, 4) is 0 Å². The lowest BCUT2D eigenvalue weighted by molar-refractivity contribution is 0.0297. The Morgan fingerprint density at radius 2 is 1.79 bits per heavy atom. The van der Waals surface area contributed by atoms with Gasteiger partial charge in [-0.15, -0.1) is 0 Å². The zero-order valence-corrected chi connectivity index (χ0v) is 14.7. The number of rotatable bonds is 10. The van der Waals surface area contributed by atoms with Crippen LogP contribution in [0.15, 0.2) is 24.3 Å².